The Morgan fingerprint density at radius 3 is 2.93 bits per heavy atom. The highest BCUT2D eigenvalue weighted by Gasteiger charge is 2.37. The Bertz CT molecular complexity index is 988. The first-order valence-corrected chi connectivity index (χ1v) is 8.73. The van der Waals surface area contributed by atoms with Gasteiger partial charge in [0.25, 0.3) is 0 Å². The van der Waals surface area contributed by atoms with Gasteiger partial charge in [-0.1, -0.05) is 6.07 Å². The lowest BCUT2D eigenvalue weighted by atomic mass is 10.1. The molecule has 1 saturated heterocycles. The third kappa shape index (κ3) is 3.38. The van der Waals surface area contributed by atoms with Crippen LogP contribution in [-0.4, -0.2) is 40.1 Å². The van der Waals surface area contributed by atoms with E-state index in [4.69, 9.17) is 0 Å². The Labute approximate surface area is 154 Å². The van der Waals surface area contributed by atoms with Gasteiger partial charge in [0.05, 0.1) is 16.8 Å². The second kappa shape index (κ2) is 7.14. The molecule has 0 aliphatic carbocycles. The number of halogens is 1. The average Bonchev–Trinajstić information content (AvgIpc) is 3.27. The molecule has 3 aromatic rings. The lowest BCUT2D eigenvalue weighted by Crippen LogP contribution is -2.34. The fourth-order valence-corrected chi connectivity index (χ4v) is 3.32. The monoisotopic (exact) mass is 367 g/mol. The smallest absolute Gasteiger partial charge is 0.229 e. The van der Waals surface area contributed by atoms with Crippen molar-refractivity contribution in [3.05, 3.63) is 54.1 Å². The van der Waals surface area contributed by atoms with Crippen molar-refractivity contribution in [2.24, 2.45) is 5.92 Å². The van der Waals surface area contributed by atoms with Crippen molar-refractivity contribution < 1.29 is 14.0 Å². The maximum Gasteiger partial charge on any atom is 0.229 e. The summed E-state index contributed by atoms with van der Waals surface area (Å²) in [5.41, 5.74) is 1.59. The predicted octanol–water partition coefficient (Wildman–Crippen LogP) is 1.81. The van der Waals surface area contributed by atoms with Crippen LogP contribution in [0.1, 0.15) is 12.0 Å². The Balaban J connectivity index is 1.42. The second-order valence-corrected chi connectivity index (χ2v) is 6.51. The van der Waals surface area contributed by atoms with E-state index in [1.807, 2.05) is 12.1 Å². The van der Waals surface area contributed by atoms with Crippen LogP contribution in [0.4, 0.5) is 10.2 Å². The first kappa shape index (κ1) is 17.1. The summed E-state index contributed by atoms with van der Waals surface area (Å²) in [7, 11) is 0. The van der Waals surface area contributed by atoms with Crippen LogP contribution in [-0.2, 0) is 16.0 Å². The van der Waals surface area contributed by atoms with Crippen LogP contribution in [0.2, 0.25) is 0 Å². The summed E-state index contributed by atoms with van der Waals surface area (Å²) in [6.45, 7) is 0.668. The summed E-state index contributed by atoms with van der Waals surface area (Å²) < 4.78 is 14.2. The minimum atomic E-state index is -0.478. The largest absolute Gasteiger partial charge is 0.355 e. The number of aromatic amines is 1. The number of aromatic nitrogens is 3. The van der Waals surface area contributed by atoms with E-state index in [2.05, 4.69) is 20.5 Å². The van der Waals surface area contributed by atoms with Gasteiger partial charge in [-0.25, -0.2) is 4.39 Å². The maximum atomic E-state index is 14.2. The van der Waals surface area contributed by atoms with Gasteiger partial charge in [-0.15, -0.1) is 0 Å². The molecule has 0 bridgehead atoms. The molecule has 2 aromatic heterocycles. The molecule has 0 radical (unpaired) electrons. The molecule has 1 unspecified atom stereocenters. The molecule has 2 N–H and O–H groups in total. The number of nitrogens with one attached hydrogen (secondary N) is 2. The summed E-state index contributed by atoms with van der Waals surface area (Å²) in [5, 5.41) is 9.96. The minimum absolute atomic E-state index is 0.0872. The van der Waals surface area contributed by atoms with Crippen LogP contribution in [0.15, 0.2) is 42.7 Å². The fourth-order valence-electron chi connectivity index (χ4n) is 3.32. The number of rotatable bonds is 5. The number of carbonyl (C=O) groups is 2. The average molecular weight is 367 g/mol. The van der Waals surface area contributed by atoms with Gasteiger partial charge in [-0.05, 0) is 36.2 Å². The number of H-pyrrole nitrogens is 1. The second-order valence-electron chi connectivity index (χ2n) is 6.51. The van der Waals surface area contributed by atoms with Crippen molar-refractivity contribution in [1.82, 2.24) is 20.5 Å². The molecule has 4 rings (SSSR count). The van der Waals surface area contributed by atoms with Crippen LogP contribution in [0.5, 0.6) is 0 Å². The van der Waals surface area contributed by atoms with Crippen molar-refractivity contribution in [3.63, 3.8) is 0 Å². The van der Waals surface area contributed by atoms with Gasteiger partial charge in [0.1, 0.15) is 5.82 Å². The van der Waals surface area contributed by atoms with E-state index in [1.54, 1.807) is 24.5 Å². The van der Waals surface area contributed by atoms with E-state index in [0.29, 0.717) is 18.5 Å². The summed E-state index contributed by atoms with van der Waals surface area (Å²) >= 11 is 0. The highest BCUT2D eigenvalue weighted by atomic mass is 19.1. The number of hydrogen-bond acceptors (Lipinski definition) is 4. The molecule has 138 valence electrons. The molecule has 27 heavy (non-hydrogen) atoms. The molecule has 0 saturated carbocycles. The van der Waals surface area contributed by atoms with Crippen LogP contribution in [0.3, 0.4) is 0 Å². The van der Waals surface area contributed by atoms with E-state index in [9.17, 15) is 14.0 Å². The molecule has 1 aromatic carbocycles. The third-order valence-electron chi connectivity index (χ3n) is 4.73. The molecule has 1 fully saturated rings. The van der Waals surface area contributed by atoms with Crippen LogP contribution >= 0.6 is 0 Å². The van der Waals surface area contributed by atoms with Crippen molar-refractivity contribution in [1.29, 1.82) is 0 Å². The van der Waals surface area contributed by atoms with Crippen molar-refractivity contribution >= 4 is 28.5 Å². The maximum absolute atomic E-state index is 14.2. The molecular formula is C19H18FN5O2. The molecule has 3 heterocycles. The van der Waals surface area contributed by atoms with Crippen molar-refractivity contribution in [2.75, 3.05) is 18.0 Å². The van der Waals surface area contributed by atoms with Gasteiger partial charge in [0.15, 0.2) is 5.82 Å². The number of anilines is 1. The first-order valence-electron chi connectivity index (χ1n) is 8.73. The summed E-state index contributed by atoms with van der Waals surface area (Å²) in [4.78, 5) is 30.2. The number of pyridine rings is 1. The molecule has 8 heteroatoms. The lowest BCUT2D eigenvalue weighted by molar-refractivity contribution is -0.126. The molecule has 1 atom stereocenters. The number of hydrogen-bond donors (Lipinski definition) is 2. The summed E-state index contributed by atoms with van der Waals surface area (Å²) in [6.07, 6.45) is 4.19. The SMILES string of the molecule is O=C(NCCc1ccncc1)C1CC(=O)N(c2n[nH]c3cccc(F)c23)C1. The van der Waals surface area contributed by atoms with Crippen molar-refractivity contribution in [2.45, 2.75) is 12.8 Å². The first-order chi connectivity index (χ1) is 13.1. The molecular weight excluding hydrogens is 349 g/mol. The standard InChI is InChI=1S/C19H18FN5O2/c20-14-2-1-3-15-17(14)18(24-23-15)25-11-13(10-16(25)26)19(27)22-9-6-12-4-7-21-8-5-12/h1-5,7-8,13H,6,9-11H2,(H,22,27)(H,23,24). The third-order valence-corrected chi connectivity index (χ3v) is 4.73. The molecule has 0 spiro atoms. The fraction of sp³-hybridized carbons (Fsp3) is 0.263. The van der Waals surface area contributed by atoms with Gasteiger partial charge in [-0.2, -0.15) is 5.10 Å². The molecule has 7 nitrogen and oxygen atoms in total. The molecule has 1 aliphatic rings. The Kier molecular flexibility index (Phi) is 4.53. The van der Waals surface area contributed by atoms with Gasteiger partial charge < -0.3 is 5.32 Å². The number of benzene rings is 1. The predicted molar refractivity (Wildman–Crippen MR) is 97.5 cm³/mol. The summed E-state index contributed by atoms with van der Waals surface area (Å²) in [6, 6.07) is 8.38. The normalized spacial score (nSPS) is 16.9. The number of nitrogens with zero attached hydrogens (tertiary/aromatic N) is 3. The van der Waals surface area contributed by atoms with E-state index >= 15 is 0 Å². The number of amides is 2. The van der Waals surface area contributed by atoms with Gasteiger partial charge in [0.2, 0.25) is 11.8 Å². The molecule has 1 aliphatic heterocycles. The minimum Gasteiger partial charge on any atom is -0.355 e. The molecule has 2 amide bonds. The lowest BCUT2D eigenvalue weighted by Gasteiger charge is -2.14. The van der Waals surface area contributed by atoms with Gasteiger partial charge >= 0.3 is 0 Å². The van der Waals surface area contributed by atoms with E-state index in [-0.39, 0.29) is 36.0 Å². The van der Waals surface area contributed by atoms with E-state index in [0.717, 1.165) is 5.56 Å². The zero-order chi connectivity index (χ0) is 18.8. The van der Waals surface area contributed by atoms with Gasteiger partial charge in [0, 0.05) is 31.9 Å². The Morgan fingerprint density at radius 2 is 2.11 bits per heavy atom. The zero-order valence-corrected chi connectivity index (χ0v) is 14.5. The number of fused-ring (bicyclic) bond motifs is 1. The van der Waals surface area contributed by atoms with Crippen molar-refractivity contribution in [3.8, 4) is 0 Å². The highest BCUT2D eigenvalue weighted by Crippen LogP contribution is 2.31. The van der Waals surface area contributed by atoms with E-state index < -0.39 is 11.7 Å². The Morgan fingerprint density at radius 1 is 1.30 bits per heavy atom. The quantitative estimate of drug-likeness (QED) is 0.720. The van der Waals surface area contributed by atoms with Gasteiger partial charge in [-0.3, -0.25) is 24.6 Å². The number of carbonyl (C=O) groups excluding carboxylic acids is 2. The highest BCUT2D eigenvalue weighted by molar-refractivity contribution is 6.05. The van der Waals surface area contributed by atoms with Crippen LogP contribution < -0.4 is 10.2 Å². The topological polar surface area (TPSA) is 91.0 Å². The Hall–Kier alpha value is -3.29. The van der Waals surface area contributed by atoms with Crippen LogP contribution in [0.25, 0.3) is 10.9 Å². The van der Waals surface area contributed by atoms with Crippen LogP contribution in [0, 0.1) is 11.7 Å². The summed E-state index contributed by atoms with van der Waals surface area (Å²) in [5.74, 6) is -1.11. The van der Waals surface area contributed by atoms with E-state index in [1.165, 1.54) is 11.0 Å². The zero-order valence-electron chi connectivity index (χ0n) is 14.5.